The van der Waals surface area contributed by atoms with Gasteiger partial charge in [0, 0.05) is 28.1 Å². The molecule has 0 bridgehead atoms. The second kappa shape index (κ2) is 5.90. The number of thioether (sulfide) groups is 1. The van der Waals surface area contributed by atoms with E-state index in [2.05, 4.69) is 45.0 Å². The Morgan fingerprint density at radius 1 is 1.45 bits per heavy atom. The van der Waals surface area contributed by atoms with Crippen molar-refractivity contribution in [2.24, 2.45) is 0 Å². The molecule has 0 amide bonds. The molecule has 1 saturated carbocycles. The highest BCUT2D eigenvalue weighted by Gasteiger charge is 2.37. The van der Waals surface area contributed by atoms with E-state index < -0.39 is 0 Å². The van der Waals surface area contributed by atoms with Crippen LogP contribution < -0.4 is 0 Å². The highest BCUT2D eigenvalue weighted by molar-refractivity contribution is 9.10. The monoisotopic (exact) mass is 372 g/mol. The van der Waals surface area contributed by atoms with Gasteiger partial charge in [0.2, 0.25) is 0 Å². The van der Waals surface area contributed by atoms with Gasteiger partial charge in [-0.15, -0.1) is 11.6 Å². The van der Waals surface area contributed by atoms with Crippen LogP contribution in [0.2, 0.25) is 0 Å². The molecular weight excluding hydrogens is 356 g/mol. The molecule has 2 nitrogen and oxygen atoms in total. The smallest absolute Gasteiger partial charge is 0.111 e. The number of benzene rings is 1. The zero-order chi connectivity index (χ0) is 14.2. The Kier molecular flexibility index (Phi) is 4.34. The summed E-state index contributed by atoms with van der Waals surface area (Å²) in [4.78, 5) is 4.78. The Labute approximate surface area is 137 Å². The highest BCUT2D eigenvalue weighted by Crippen LogP contribution is 2.44. The normalized spacial score (nSPS) is 17.4. The summed E-state index contributed by atoms with van der Waals surface area (Å²) < 4.78 is 3.87. The Hall–Kier alpha value is -0.190. The Morgan fingerprint density at radius 2 is 2.25 bits per heavy atom. The van der Waals surface area contributed by atoms with E-state index in [4.69, 9.17) is 16.6 Å². The number of hydrogen-bond donors (Lipinski definition) is 0. The predicted octanol–water partition coefficient (Wildman–Crippen LogP) is 4.87. The molecule has 0 aliphatic heterocycles. The largest absolute Gasteiger partial charge is 0.327 e. The predicted molar refractivity (Wildman–Crippen MR) is 92.0 cm³/mol. The average molecular weight is 374 g/mol. The molecule has 1 aromatic carbocycles. The van der Waals surface area contributed by atoms with Crippen LogP contribution in [0.5, 0.6) is 0 Å². The highest BCUT2D eigenvalue weighted by atomic mass is 79.9. The van der Waals surface area contributed by atoms with Gasteiger partial charge >= 0.3 is 0 Å². The van der Waals surface area contributed by atoms with E-state index in [0.29, 0.717) is 10.6 Å². The van der Waals surface area contributed by atoms with Gasteiger partial charge in [0.15, 0.2) is 0 Å². The molecule has 0 spiro atoms. The topological polar surface area (TPSA) is 17.8 Å². The molecule has 1 fully saturated rings. The van der Waals surface area contributed by atoms with Crippen molar-refractivity contribution in [3.8, 4) is 0 Å². The molecule has 1 heterocycles. The van der Waals surface area contributed by atoms with Crippen LogP contribution in [0.3, 0.4) is 0 Å². The first-order valence-electron chi connectivity index (χ1n) is 6.93. The van der Waals surface area contributed by atoms with Gasteiger partial charge in [0.05, 0.1) is 11.0 Å². The first-order chi connectivity index (χ1) is 9.67. The van der Waals surface area contributed by atoms with Crippen LogP contribution in [0.15, 0.2) is 22.7 Å². The number of halogens is 2. The number of alkyl halides is 1. The summed E-state index contributed by atoms with van der Waals surface area (Å²) in [5, 5.41) is 0. The van der Waals surface area contributed by atoms with Crippen molar-refractivity contribution in [1.29, 1.82) is 0 Å². The van der Waals surface area contributed by atoms with Gasteiger partial charge in [0.25, 0.3) is 0 Å². The maximum absolute atomic E-state index is 5.95. The third-order valence-corrected chi connectivity index (χ3v) is 6.34. The van der Waals surface area contributed by atoms with Crippen molar-refractivity contribution in [2.45, 2.75) is 37.0 Å². The summed E-state index contributed by atoms with van der Waals surface area (Å²) in [5.41, 5.74) is 2.30. The number of aryl methyl sites for hydroxylation is 1. The van der Waals surface area contributed by atoms with E-state index in [1.807, 2.05) is 11.8 Å². The van der Waals surface area contributed by atoms with E-state index in [0.717, 1.165) is 28.8 Å². The van der Waals surface area contributed by atoms with Crippen molar-refractivity contribution in [1.82, 2.24) is 9.55 Å². The number of hydrogen-bond acceptors (Lipinski definition) is 2. The van der Waals surface area contributed by atoms with E-state index in [1.54, 1.807) is 0 Å². The molecule has 0 radical (unpaired) electrons. The molecule has 1 aliphatic carbocycles. The van der Waals surface area contributed by atoms with Gasteiger partial charge in [0.1, 0.15) is 5.82 Å². The molecule has 3 rings (SSSR count). The van der Waals surface area contributed by atoms with E-state index in [1.165, 1.54) is 24.8 Å². The molecule has 0 N–H and O–H groups in total. The first-order valence-corrected chi connectivity index (χ1v) is 9.48. The van der Waals surface area contributed by atoms with Crippen LogP contribution in [0.4, 0.5) is 0 Å². The third-order valence-electron chi connectivity index (χ3n) is 4.25. The first kappa shape index (κ1) is 14.7. The fraction of sp³-hybridized carbons (Fsp3) is 0.533. The number of aromatic nitrogens is 2. The molecule has 0 atom stereocenters. The van der Waals surface area contributed by atoms with Crippen molar-refractivity contribution < 1.29 is 0 Å². The second-order valence-electron chi connectivity index (χ2n) is 5.43. The quantitative estimate of drug-likeness (QED) is 0.696. The third kappa shape index (κ3) is 2.62. The molecule has 1 aromatic heterocycles. The molecule has 1 aliphatic rings. The standard InChI is InChI=1S/C15H18BrClN2S/c1-20-15(6-2-7-15)10-19-13-4-3-11(16)9-12(13)18-14(19)5-8-17/h3-4,9H,2,5-8,10H2,1H3. The number of imidazole rings is 1. The second-order valence-corrected chi connectivity index (χ2v) is 7.99. The van der Waals surface area contributed by atoms with Crippen LogP contribution >= 0.6 is 39.3 Å². The Morgan fingerprint density at radius 3 is 2.85 bits per heavy atom. The van der Waals surface area contributed by atoms with Crippen LogP contribution in [0, 0.1) is 0 Å². The van der Waals surface area contributed by atoms with Crippen molar-refractivity contribution in [2.75, 3.05) is 12.1 Å². The maximum atomic E-state index is 5.95. The van der Waals surface area contributed by atoms with E-state index in [-0.39, 0.29) is 0 Å². The number of nitrogens with zero attached hydrogens (tertiary/aromatic N) is 2. The zero-order valence-corrected chi connectivity index (χ0v) is 14.7. The van der Waals surface area contributed by atoms with Gasteiger partial charge in [-0.05, 0) is 37.3 Å². The fourth-order valence-electron chi connectivity index (χ4n) is 2.89. The molecule has 2 aromatic rings. The lowest BCUT2D eigenvalue weighted by atomic mass is 9.84. The molecule has 0 unspecified atom stereocenters. The molecule has 20 heavy (non-hydrogen) atoms. The lowest BCUT2D eigenvalue weighted by Gasteiger charge is -2.41. The lowest BCUT2D eigenvalue weighted by Crippen LogP contribution is -2.38. The minimum atomic E-state index is 0.405. The number of fused-ring (bicyclic) bond motifs is 1. The minimum absolute atomic E-state index is 0.405. The minimum Gasteiger partial charge on any atom is -0.327 e. The van der Waals surface area contributed by atoms with Gasteiger partial charge in [-0.2, -0.15) is 11.8 Å². The lowest BCUT2D eigenvalue weighted by molar-refractivity contribution is 0.322. The summed E-state index contributed by atoms with van der Waals surface area (Å²) in [6.45, 7) is 1.05. The summed E-state index contributed by atoms with van der Waals surface area (Å²) in [7, 11) is 0. The molecule has 5 heteroatoms. The van der Waals surface area contributed by atoms with Crippen LogP contribution in [-0.2, 0) is 13.0 Å². The van der Waals surface area contributed by atoms with Crippen LogP contribution in [-0.4, -0.2) is 26.4 Å². The number of rotatable bonds is 5. The Balaban J connectivity index is 2.04. The van der Waals surface area contributed by atoms with Crippen molar-refractivity contribution >= 4 is 50.3 Å². The van der Waals surface area contributed by atoms with Crippen molar-refractivity contribution in [3.05, 3.63) is 28.5 Å². The molecular formula is C15H18BrClN2S. The van der Waals surface area contributed by atoms with Gasteiger partial charge in [-0.1, -0.05) is 22.4 Å². The zero-order valence-electron chi connectivity index (χ0n) is 11.5. The van der Waals surface area contributed by atoms with Crippen LogP contribution in [0.1, 0.15) is 25.1 Å². The van der Waals surface area contributed by atoms with Crippen molar-refractivity contribution in [3.63, 3.8) is 0 Å². The van der Waals surface area contributed by atoms with E-state index >= 15 is 0 Å². The Bertz CT molecular complexity index is 616. The SMILES string of the molecule is CSC1(Cn2c(CCCl)nc3cc(Br)ccc32)CCC1. The van der Waals surface area contributed by atoms with Gasteiger partial charge < -0.3 is 4.57 Å². The molecule has 108 valence electrons. The molecule has 0 saturated heterocycles. The summed E-state index contributed by atoms with van der Waals surface area (Å²) in [6.07, 6.45) is 7.04. The summed E-state index contributed by atoms with van der Waals surface area (Å²) in [5.74, 6) is 1.74. The van der Waals surface area contributed by atoms with Crippen LogP contribution in [0.25, 0.3) is 11.0 Å². The maximum Gasteiger partial charge on any atom is 0.111 e. The summed E-state index contributed by atoms with van der Waals surface area (Å²) in [6, 6.07) is 6.35. The average Bonchev–Trinajstić information content (AvgIpc) is 2.71. The van der Waals surface area contributed by atoms with E-state index in [9.17, 15) is 0 Å². The van der Waals surface area contributed by atoms with Gasteiger partial charge in [-0.3, -0.25) is 0 Å². The fourth-order valence-corrected chi connectivity index (χ4v) is 4.36. The van der Waals surface area contributed by atoms with Gasteiger partial charge in [-0.25, -0.2) is 4.98 Å². The summed E-state index contributed by atoms with van der Waals surface area (Å²) >= 11 is 11.5.